The highest BCUT2D eigenvalue weighted by Crippen LogP contribution is 2.37. The minimum absolute atomic E-state index is 0.0378. The number of nitrogens with zero attached hydrogens (tertiary/aromatic N) is 2. The zero-order valence-electron chi connectivity index (χ0n) is 30.6. The van der Waals surface area contributed by atoms with E-state index < -0.39 is 23.6 Å². The predicted octanol–water partition coefficient (Wildman–Crippen LogP) is 9.71. The molecule has 2 atom stereocenters. The highest BCUT2D eigenvalue weighted by Gasteiger charge is 2.29. The summed E-state index contributed by atoms with van der Waals surface area (Å²) in [5.74, 6) is -1.10. The lowest BCUT2D eigenvalue weighted by atomic mass is 9.93. The van der Waals surface area contributed by atoms with Gasteiger partial charge in [-0.1, -0.05) is 54.4 Å². The van der Waals surface area contributed by atoms with E-state index in [0.29, 0.717) is 59.9 Å². The number of ether oxygens (including phenoxy) is 3. The van der Waals surface area contributed by atoms with Crippen molar-refractivity contribution in [1.82, 2.24) is 9.80 Å². The summed E-state index contributed by atoms with van der Waals surface area (Å²) in [6.07, 6.45) is 4.60. The Labute approximate surface area is 335 Å². The van der Waals surface area contributed by atoms with Gasteiger partial charge in [-0.05, 0) is 104 Å². The summed E-state index contributed by atoms with van der Waals surface area (Å²) in [5, 5.41) is 10.2. The van der Waals surface area contributed by atoms with Crippen molar-refractivity contribution >= 4 is 40.6 Å². The van der Waals surface area contributed by atoms with Crippen LogP contribution in [-0.4, -0.2) is 65.8 Å². The molecule has 1 N–H and O–H groups in total. The molecule has 2 aliphatic rings. The van der Waals surface area contributed by atoms with E-state index in [-0.39, 0.29) is 13.2 Å². The molecule has 4 aromatic rings. The summed E-state index contributed by atoms with van der Waals surface area (Å²) in [6, 6.07) is 18.7. The molecule has 8 nitrogen and oxygen atoms in total. The number of halogens is 4. The molecule has 0 aromatic heterocycles. The van der Waals surface area contributed by atoms with Gasteiger partial charge < -0.3 is 27.3 Å². The highest BCUT2D eigenvalue weighted by atomic mass is 127. The second-order valence-electron chi connectivity index (χ2n) is 14.1. The van der Waals surface area contributed by atoms with E-state index in [1.165, 1.54) is 6.07 Å². The van der Waals surface area contributed by atoms with Crippen molar-refractivity contribution in [2.24, 2.45) is 0 Å². The van der Waals surface area contributed by atoms with Crippen LogP contribution in [0.3, 0.4) is 0 Å². The first-order chi connectivity index (χ1) is 26.1. The van der Waals surface area contributed by atoms with Gasteiger partial charge in [0.2, 0.25) is 0 Å². The quantitative estimate of drug-likeness (QED) is 0.0882. The fourth-order valence-electron chi connectivity index (χ4n) is 7.31. The Kier molecular flexibility index (Phi) is 14.1. The zero-order valence-corrected chi connectivity index (χ0v) is 33.5. The van der Waals surface area contributed by atoms with E-state index in [0.717, 1.165) is 91.0 Å². The van der Waals surface area contributed by atoms with Crippen molar-refractivity contribution in [2.45, 2.75) is 77.9 Å². The van der Waals surface area contributed by atoms with Gasteiger partial charge in [-0.2, -0.15) is 0 Å². The molecular formula is C42H46ClF2IN2O6. The van der Waals surface area contributed by atoms with E-state index in [1.54, 1.807) is 12.1 Å². The number of piperidine rings is 1. The number of hydrogen-bond acceptors (Lipinski definition) is 7. The number of likely N-dealkylation sites (tertiary alicyclic amines) is 2. The first-order valence-corrected chi connectivity index (χ1v) is 19.7. The molecule has 2 fully saturated rings. The van der Waals surface area contributed by atoms with E-state index in [9.17, 15) is 18.7 Å². The lowest BCUT2D eigenvalue weighted by Gasteiger charge is -2.33. The van der Waals surface area contributed by atoms with Crippen LogP contribution in [0.2, 0.25) is 5.02 Å². The lowest BCUT2D eigenvalue weighted by Crippen LogP contribution is -2.44. The number of rotatable bonds is 16. The molecule has 2 saturated heterocycles. The van der Waals surface area contributed by atoms with Crippen molar-refractivity contribution in [3.8, 4) is 28.4 Å². The fraction of sp³-hybridized carbons (Fsp3) is 0.405. The number of carbonyl (C=O) groups is 1. The molecule has 0 unspecified atom stereocenters. The first kappa shape index (κ1) is 40.2. The van der Waals surface area contributed by atoms with Gasteiger partial charge >= 0.3 is 5.97 Å². The summed E-state index contributed by atoms with van der Waals surface area (Å²) in [4.78, 5) is 16.4. The van der Waals surface area contributed by atoms with Gasteiger partial charge in [0.05, 0.1) is 17.7 Å². The SMILES string of the molecule is Cc1c(COc2cc(OCc3ccc(F)c(F)c3)c(CN3CCCC[C@H]3C(=O)O)cc2Cl)cccc1-c1cccc(OCCCN2CC[C@@H](OI)C2)c1C. The molecule has 0 amide bonds. The Hall–Kier alpha value is -3.49. The van der Waals surface area contributed by atoms with Crippen LogP contribution in [-0.2, 0) is 27.6 Å². The standard InChI is InChI=1S/C42H46ClF2IN2O6/c1-27-30(8-5-9-33(27)34-10-6-12-39(28(34)2)51-19-7-16-47-18-15-32(24-47)54-46)26-53-41-22-40(52-25-29-13-14-36(44)37(45)20-29)31(21-35(41)43)23-48-17-4-3-11-38(48)42(49)50/h5-6,8-10,12-14,20-22,32,38H,3-4,7,11,15-19,23-26H2,1-2H3,(H,49,50)/t32-,38+/m1/s1. The van der Waals surface area contributed by atoms with Crippen LogP contribution in [0, 0.1) is 25.5 Å². The molecule has 2 aliphatic heterocycles. The molecule has 0 bridgehead atoms. The minimum Gasteiger partial charge on any atom is -0.493 e. The van der Waals surface area contributed by atoms with E-state index >= 15 is 0 Å². The molecule has 54 heavy (non-hydrogen) atoms. The van der Waals surface area contributed by atoms with Gasteiger partial charge in [0.15, 0.2) is 11.6 Å². The zero-order chi connectivity index (χ0) is 38.2. The molecule has 288 valence electrons. The van der Waals surface area contributed by atoms with E-state index in [4.69, 9.17) is 28.9 Å². The van der Waals surface area contributed by atoms with Crippen molar-refractivity contribution < 1.29 is 36.0 Å². The fourth-order valence-corrected chi connectivity index (χ4v) is 7.96. The van der Waals surface area contributed by atoms with Gasteiger partial charge in [-0.3, -0.25) is 9.69 Å². The van der Waals surface area contributed by atoms with Gasteiger partial charge in [0.1, 0.15) is 59.5 Å². The van der Waals surface area contributed by atoms with Crippen LogP contribution >= 0.6 is 34.6 Å². The van der Waals surface area contributed by atoms with Crippen LogP contribution in [0.5, 0.6) is 17.2 Å². The smallest absolute Gasteiger partial charge is 0.320 e. The summed E-state index contributed by atoms with van der Waals surface area (Å²) < 4.78 is 51.8. The molecule has 0 spiro atoms. The molecule has 12 heteroatoms. The predicted molar refractivity (Wildman–Crippen MR) is 214 cm³/mol. The molecule has 0 aliphatic carbocycles. The molecule has 4 aromatic carbocycles. The van der Waals surface area contributed by atoms with E-state index in [1.807, 2.05) is 52.2 Å². The Morgan fingerprint density at radius 3 is 2.39 bits per heavy atom. The average Bonchev–Trinajstić information content (AvgIpc) is 3.63. The maximum Gasteiger partial charge on any atom is 0.320 e. The highest BCUT2D eigenvalue weighted by molar-refractivity contribution is 14.1. The monoisotopic (exact) mass is 874 g/mol. The maximum absolute atomic E-state index is 14.0. The summed E-state index contributed by atoms with van der Waals surface area (Å²) in [7, 11) is 0. The first-order valence-electron chi connectivity index (χ1n) is 18.4. The van der Waals surface area contributed by atoms with Crippen molar-refractivity contribution in [3.63, 3.8) is 0 Å². The number of carboxylic acids is 1. The summed E-state index contributed by atoms with van der Waals surface area (Å²) >= 11 is 8.81. The van der Waals surface area contributed by atoms with Crippen molar-refractivity contribution in [1.29, 1.82) is 0 Å². The van der Waals surface area contributed by atoms with E-state index in [2.05, 4.69) is 30.9 Å². The number of aliphatic carboxylic acids is 1. The van der Waals surface area contributed by atoms with Gasteiger partial charge in [-0.15, -0.1) is 0 Å². The second kappa shape index (κ2) is 18.9. The minimum atomic E-state index is -0.963. The van der Waals surface area contributed by atoms with Gasteiger partial charge in [0, 0.05) is 37.8 Å². The Morgan fingerprint density at radius 1 is 0.852 bits per heavy atom. The Balaban J connectivity index is 1.17. The Morgan fingerprint density at radius 2 is 1.63 bits per heavy atom. The summed E-state index contributed by atoms with van der Waals surface area (Å²) in [6.45, 7) is 8.90. The number of hydrogen-bond donors (Lipinski definition) is 1. The summed E-state index contributed by atoms with van der Waals surface area (Å²) in [5.41, 5.74) is 6.38. The van der Waals surface area contributed by atoms with Gasteiger partial charge in [0.25, 0.3) is 0 Å². The van der Waals surface area contributed by atoms with Gasteiger partial charge in [-0.25, -0.2) is 8.78 Å². The van der Waals surface area contributed by atoms with Crippen molar-refractivity contribution in [2.75, 3.05) is 32.8 Å². The molecule has 0 radical (unpaired) electrons. The molecule has 0 saturated carbocycles. The van der Waals surface area contributed by atoms with Crippen LogP contribution in [0.4, 0.5) is 8.78 Å². The van der Waals surface area contributed by atoms with Crippen LogP contribution in [0.25, 0.3) is 11.1 Å². The molecular weight excluding hydrogens is 829 g/mol. The maximum atomic E-state index is 14.0. The topological polar surface area (TPSA) is 80.7 Å². The van der Waals surface area contributed by atoms with Crippen LogP contribution in [0.15, 0.2) is 66.7 Å². The van der Waals surface area contributed by atoms with Crippen molar-refractivity contribution in [3.05, 3.63) is 111 Å². The average molecular weight is 875 g/mol. The van der Waals surface area contributed by atoms with Crippen LogP contribution < -0.4 is 14.2 Å². The third-order valence-corrected chi connectivity index (χ3v) is 11.4. The third-order valence-electron chi connectivity index (χ3n) is 10.4. The third kappa shape index (κ3) is 10.0. The number of carboxylic acid groups (broad SMARTS) is 1. The number of benzene rings is 4. The second-order valence-corrected chi connectivity index (χ2v) is 15.0. The molecule has 2 heterocycles. The molecule has 6 rings (SSSR count). The Bertz CT molecular complexity index is 1930. The lowest BCUT2D eigenvalue weighted by molar-refractivity contribution is -0.144. The normalized spacial score (nSPS) is 17.8. The largest absolute Gasteiger partial charge is 0.493 e. The van der Waals surface area contributed by atoms with Crippen LogP contribution in [0.1, 0.15) is 59.9 Å².